The van der Waals surface area contributed by atoms with Crippen LogP contribution in [0.2, 0.25) is 10.0 Å². The topological polar surface area (TPSA) is 57.0 Å². The summed E-state index contributed by atoms with van der Waals surface area (Å²) in [5.41, 5.74) is 4.13. The molecule has 0 saturated heterocycles. The van der Waals surface area contributed by atoms with Gasteiger partial charge in [-0.05, 0) is 55.7 Å². The van der Waals surface area contributed by atoms with E-state index in [9.17, 15) is 4.79 Å². The summed E-state index contributed by atoms with van der Waals surface area (Å²) in [5, 5.41) is 8.89. The number of ether oxygens (including phenoxy) is 1. The van der Waals surface area contributed by atoms with E-state index in [4.69, 9.17) is 27.9 Å². The van der Waals surface area contributed by atoms with Gasteiger partial charge in [0.25, 0.3) is 5.91 Å². The first kappa shape index (κ1) is 16.7. The number of halogens is 2. The second-order valence-corrected chi connectivity index (χ2v) is 6.51. The highest BCUT2D eigenvalue weighted by Crippen LogP contribution is 2.31. The van der Waals surface area contributed by atoms with E-state index in [2.05, 4.69) is 10.3 Å². The third-order valence-corrected chi connectivity index (χ3v) is 4.15. The first-order valence-electron chi connectivity index (χ1n) is 7.31. The number of fused-ring (bicyclic) bond motifs is 1. The zero-order valence-electron chi connectivity index (χ0n) is 13.4. The van der Waals surface area contributed by atoms with Gasteiger partial charge in [0.05, 0.1) is 5.02 Å². The van der Waals surface area contributed by atoms with Crippen molar-refractivity contribution in [3.63, 3.8) is 0 Å². The number of nitrogens with zero attached hydrogens (tertiary/aromatic N) is 3. The fraction of sp³-hybridized carbons (Fsp3) is 0.235. The SMILES string of the molecule is Cc1cc(C)c2c(c1)nnn2C(=O)COc1c(C)cc(Cl)cc1Cl. The molecule has 3 rings (SSSR count). The Hall–Kier alpha value is -2.11. The standard InChI is InChI=1S/C17H15Cl2N3O2/c1-9-4-10(2)16-14(5-9)20-21-22(16)15(23)8-24-17-11(3)6-12(18)7-13(17)19/h4-7H,8H2,1-3H3. The van der Waals surface area contributed by atoms with E-state index < -0.39 is 0 Å². The van der Waals surface area contributed by atoms with Crippen LogP contribution >= 0.6 is 23.2 Å². The first-order valence-corrected chi connectivity index (χ1v) is 8.06. The van der Waals surface area contributed by atoms with Gasteiger partial charge in [0.15, 0.2) is 6.61 Å². The van der Waals surface area contributed by atoms with Crippen molar-refractivity contribution in [1.29, 1.82) is 0 Å². The summed E-state index contributed by atoms with van der Waals surface area (Å²) in [6.07, 6.45) is 0. The summed E-state index contributed by atoms with van der Waals surface area (Å²) in [6.45, 7) is 5.51. The summed E-state index contributed by atoms with van der Waals surface area (Å²) in [5.74, 6) is 0.112. The first-order chi connectivity index (χ1) is 11.4. The molecule has 5 nitrogen and oxygen atoms in total. The molecule has 0 radical (unpaired) electrons. The molecule has 2 aromatic carbocycles. The number of benzene rings is 2. The van der Waals surface area contributed by atoms with E-state index in [-0.39, 0.29) is 12.5 Å². The van der Waals surface area contributed by atoms with Crippen LogP contribution in [0, 0.1) is 20.8 Å². The fourth-order valence-corrected chi connectivity index (χ4v) is 3.32. The average molecular weight is 364 g/mol. The number of hydrogen-bond acceptors (Lipinski definition) is 4. The fourth-order valence-electron chi connectivity index (χ4n) is 2.67. The highest BCUT2D eigenvalue weighted by Gasteiger charge is 2.16. The monoisotopic (exact) mass is 363 g/mol. The molecule has 0 aliphatic heterocycles. The Kier molecular flexibility index (Phi) is 4.47. The molecule has 0 bridgehead atoms. The van der Waals surface area contributed by atoms with Gasteiger partial charge in [-0.15, -0.1) is 5.10 Å². The van der Waals surface area contributed by atoms with Crippen LogP contribution < -0.4 is 4.74 Å². The zero-order chi connectivity index (χ0) is 17.4. The van der Waals surface area contributed by atoms with Crippen molar-refractivity contribution in [2.75, 3.05) is 6.61 Å². The molecule has 0 spiro atoms. The number of rotatable bonds is 3. The molecule has 24 heavy (non-hydrogen) atoms. The maximum atomic E-state index is 12.5. The number of carbonyl (C=O) groups is 1. The van der Waals surface area contributed by atoms with E-state index >= 15 is 0 Å². The van der Waals surface area contributed by atoms with E-state index in [1.807, 2.05) is 32.9 Å². The van der Waals surface area contributed by atoms with Crippen LogP contribution in [0.25, 0.3) is 11.0 Å². The van der Waals surface area contributed by atoms with Crippen LogP contribution in [0.3, 0.4) is 0 Å². The van der Waals surface area contributed by atoms with Crippen LogP contribution in [0.4, 0.5) is 0 Å². The molecule has 0 unspecified atom stereocenters. The lowest BCUT2D eigenvalue weighted by Gasteiger charge is -2.11. The quantitative estimate of drug-likeness (QED) is 0.692. The Morgan fingerprint density at radius 1 is 1.12 bits per heavy atom. The van der Waals surface area contributed by atoms with Crippen molar-refractivity contribution < 1.29 is 9.53 Å². The lowest BCUT2D eigenvalue weighted by Crippen LogP contribution is -2.21. The summed E-state index contributed by atoms with van der Waals surface area (Å²) >= 11 is 12.1. The molecular formula is C17H15Cl2N3O2. The zero-order valence-corrected chi connectivity index (χ0v) is 14.9. The molecule has 124 valence electrons. The predicted octanol–water partition coefficient (Wildman–Crippen LogP) is 4.38. The number of carbonyl (C=O) groups excluding carboxylic acids is 1. The minimum absolute atomic E-state index is 0.200. The normalized spacial score (nSPS) is 11.0. The smallest absolute Gasteiger partial charge is 0.286 e. The van der Waals surface area contributed by atoms with Gasteiger partial charge in [0.2, 0.25) is 0 Å². The minimum Gasteiger partial charge on any atom is -0.482 e. The van der Waals surface area contributed by atoms with E-state index in [0.717, 1.165) is 16.7 Å². The maximum Gasteiger partial charge on any atom is 0.286 e. The summed E-state index contributed by atoms with van der Waals surface area (Å²) < 4.78 is 6.86. The molecule has 0 atom stereocenters. The highest BCUT2D eigenvalue weighted by molar-refractivity contribution is 6.35. The molecule has 3 aromatic rings. The average Bonchev–Trinajstić information content (AvgIpc) is 2.89. The number of hydrogen-bond donors (Lipinski definition) is 0. The molecule has 0 aliphatic rings. The van der Waals surface area contributed by atoms with Crippen LogP contribution in [0.1, 0.15) is 21.5 Å². The Balaban J connectivity index is 1.87. The lowest BCUT2D eigenvalue weighted by molar-refractivity contribution is 0.0824. The van der Waals surface area contributed by atoms with Crippen molar-refractivity contribution in [3.8, 4) is 5.75 Å². The molecule has 1 aromatic heterocycles. The molecule has 0 amide bonds. The van der Waals surface area contributed by atoms with Crippen LogP contribution in [0.15, 0.2) is 24.3 Å². The van der Waals surface area contributed by atoms with Crippen molar-refractivity contribution in [3.05, 3.63) is 51.0 Å². The van der Waals surface area contributed by atoms with Gasteiger partial charge in [0.1, 0.15) is 16.8 Å². The maximum absolute atomic E-state index is 12.5. The van der Waals surface area contributed by atoms with E-state index in [1.54, 1.807) is 12.1 Å². The summed E-state index contributed by atoms with van der Waals surface area (Å²) in [6, 6.07) is 7.18. The largest absolute Gasteiger partial charge is 0.482 e. The van der Waals surface area contributed by atoms with Gasteiger partial charge in [-0.2, -0.15) is 4.68 Å². The molecule has 7 heteroatoms. The third kappa shape index (κ3) is 3.09. The number of aromatic nitrogens is 3. The van der Waals surface area contributed by atoms with Gasteiger partial charge in [-0.1, -0.05) is 34.5 Å². The van der Waals surface area contributed by atoms with Gasteiger partial charge in [-0.25, -0.2) is 0 Å². The molecule has 1 heterocycles. The van der Waals surface area contributed by atoms with Gasteiger partial charge in [0, 0.05) is 5.02 Å². The van der Waals surface area contributed by atoms with Crippen LogP contribution in [-0.4, -0.2) is 27.5 Å². The van der Waals surface area contributed by atoms with Gasteiger partial charge < -0.3 is 4.74 Å². The Morgan fingerprint density at radius 3 is 2.58 bits per heavy atom. The summed E-state index contributed by atoms with van der Waals surface area (Å²) in [7, 11) is 0. The van der Waals surface area contributed by atoms with Gasteiger partial charge in [-0.3, -0.25) is 4.79 Å². The minimum atomic E-state index is -0.324. The molecular weight excluding hydrogens is 349 g/mol. The molecule has 0 fully saturated rings. The van der Waals surface area contributed by atoms with Crippen molar-refractivity contribution in [2.45, 2.75) is 20.8 Å². The van der Waals surface area contributed by atoms with Crippen LogP contribution in [0.5, 0.6) is 5.75 Å². The molecule has 0 saturated carbocycles. The van der Waals surface area contributed by atoms with Crippen LogP contribution in [-0.2, 0) is 0 Å². The van der Waals surface area contributed by atoms with Crippen molar-refractivity contribution in [1.82, 2.24) is 15.0 Å². The van der Waals surface area contributed by atoms with Gasteiger partial charge >= 0.3 is 0 Å². The van der Waals surface area contributed by atoms with Crippen molar-refractivity contribution >= 4 is 40.1 Å². The second-order valence-electron chi connectivity index (χ2n) is 5.67. The summed E-state index contributed by atoms with van der Waals surface area (Å²) in [4.78, 5) is 12.5. The van der Waals surface area contributed by atoms with E-state index in [0.29, 0.717) is 26.8 Å². The lowest BCUT2D eigenvalue weighted by atomic mass is 10.1. The van der Waals surface area contributed by atoms with Crippen molar-refractivity contribution in [2.24, 2.45) is 0 Å². The highest BCUT2D eigenvalue weighted by atomic mass is 35.5. The Labute approximate surface area is 149 Å². The predicted molar refractivity (Wildman–Crippen MR) is 94.3 cm³/mol. The number of aryl methyl sites for hydroxylation is 3. The second kappa shape index (κ2) is 6.42. The molecule has 0 aliphatic carbocycles. The Morgan fingerprint density at radius 2 is 1.88 bits per heavy atom. The third-order valence-electron chi connectivity index (χ3n) is 3.65. The Bertz CT molecular complexity index is 927. The molecule has 0 N–H and O–H groups in total. The van der Waals surface area contributed by atoms with E-state index in [1.165, 1.54) is 4.68 Å².